The van der Waals surface area contributed by atoms with Gasteiger partial charge in [-0.1, -0.05) is 6.07 Å². The smallest absolute Gasteiger partial charge is 0.323 e. The van der Waals surface area contributed by atoms with Crippen LogP contribution in [-0.2, 0) is 16.0 Å². The molecule has 0 saturated carbocycles. The first kappa shape index (κ1) is 13.4. The molecule has 1 heterocycles. The highest BCUT2D eigenvalue weighted by atomic mass is 16.5. The topological polar surface area (TPSA) is 77.3 Å². The molecule has 5 nitrogen and oxygen atoms in total. The molecular formula is C14H18N2O3. The van der Waals surface area contributed by atoms with Gasteiger partial charge in [-0.05, 0) is 24.6 Å². The fraction of sp³-hybridized carbons (Fsp3) is 0.357. The molecule has 0 aliphatic carbocycles. The maximum absolute atomic E-state index is 11.6. The van der Waals surface area contributed by atoms with Gasteiger partial charge in [-0.3, -0.25) is 4.79 Å². The highest BCUT2D eigenvalue weighted by Gasteiger charge is 2.18. The van der Waals surface area contributed by atoms with Crippen LogP contribution in [0.5, 0.6) is 5.75 Å². The highest BCUT2D eigenvalue weighted by Crippen LogP contribution is 2.29. The second-order valence-corrected chi connectivity index (χ2v) is 4.26. The number of hydrogen-bond acceptors (Lipinski definition) is 4. The molecule has 3 N–H and O–H groups in total. The third kappa shape index (κ3) is 2.71. The number of aromatic nitrogens is 1. The number of H-pyrrole nitrogens is 1. The number of methoxy groups -OCH3 is 1. The molecule has 1 atom stereocenters. The van der Waals surface area contributed by atoms with E-state index in [9.17, 15) is 4.79 Å². The van der Waals surface area contributed by atoms with E-state index in [4.69, 9.17) is 15.2 Å². The Morgan fingerprint density at radius 3 is 2.95 bits per heavy atom. The lowest BCUT2D eigenvalue weighted by molar-refractivity contribution is -0.144. The Bertz CT molecular complexity index is 577. The predicted molar refractivity (Wildman–Crippen MR) is 73.2 cm³/mol. The van der Waals surface area contributed by atoms with Crippen LogP contribution in [0, 0.1) is 0 Å². The third-order valence-corrected chi connectivity index (χ3v) is 3.00. The van der Waals surface area contributed by atoms with E-state index in [1.54, 1.807) is 14.0 Å². The Labute approximate surface area is 111 Å². The largest absolute Gasteiger partial charge is 0.496 e. The van der Waals surface area contributed by atoms with Crippen molar-refractivity contribution in [3.05, 3.63) is 30.0 Å². The van der Waals surface area contributed by atoms with Crippen molar-refractivity contribution in [2.45, 2.75) is 19.4 Å². The van der Waals surface area contributed by atoms with Gasteiger partial charge in [0.2, 0.25) is 0 Å². The van der Waals surface area contributed by atoms with Crippen LogP contribution in [0.25, 0.3) is 10.9 Å². The van der Waals surface area contributed by atoms with Gasteiger partial charge in [-0.2, -0.15) is 0 Å². The first-order valence-electron chi connectivity index (χ1n) is 6.22. The molecule has 19 heavy (non-hydrogen) atoms. The van der Waals surface area contributed by atoms with E-state index in [1.165, 1.54) is 0 Å². The number of benzene rings is 1. The average Bonchev–Trinajstić information content (AvgIpc) is 2.82. The molecule has 102 valence electrons. The van der Waals surface area contributed by atoms with Gasteiger partial charge in [-0.15, -0.1) is 0 Å². The van der Waals surface area contributed by atoms with Gasteiger partial charge in [0.15, 0.2) is 0 Å². The monoisotopic (exact) mass is 262 g/mol. The molecule has 1 aromatic heterocycles. The minimum Gasteiger partial charge on any atom is -0.496 e. The van der Waals surface area contributed by atoms with Gasteiger partial charge in [-0.25, -0.2) is 0 Å². The van der Waals surface area contributed by atoms with Crippen LogP contribution in [0.2, 0.25) is 0 Å². The van der Waals surface area contributed by atoms with Gasteiger partial charge >= 0.3 is 5.97 Å². The molecule has 1 aromatic carbocycles. The number of rotatable bonds is 5. The lowest BCUT2D eigenvalue weighted by Crippen LogP contribution is -2.34. The fourth-order valence-corrected chi connectivity index (χ4v) is 2.12. The Hall–Kier alpha value is -2.01. The number of nitrogens with two attached hydrogens (primary N) is 1. The average molecular weight is 262 g/mol. The fourth-order valence-electron chi connectivity index (χ4n) is 2.12. The van der Waals surface area contributed by atoms with Crippen molar-refractivity contribution in [3.63, 3.8) is 0 Å². The first-order chi connectivity index (χ1) is 9.17. The molecule has 0 amide bonds. The first-order valence-corrected chi connectivity index (χ1v) is 6.22. The second-order valence-electron chi connectivity index (χ2n) is 4.26. The minimum absolute atomic E-state index is 0.337. The number of aromatic amines is 1. The number of hydrogen-bond donors (Lipinski definition) is 2. The van der Waals surface area contributed by atoms with Crippen LogP contribution < -0.4 is 10.5 Å². The van der Waals surface area contributed by atoms with E-state index in [-0.39, 0.29) is 5.97 Å². The lowest BCUT2D eigenvalue weighted by Gasteiger charge is -2.10. The van der Waals surface area contributed by atoms with E-state index in [0.29, 0.717) is 13.0 Å². The summed E-state index contributed by atoms with van der Waals surface area (Å²) in [5, 5.41) is 0.963. The molecule has 0 aliphatic heterocycles. The summed E-state index contributed by atoms with van der Waals surface area (Å²) in [4.78, 5) is 14.7. The number of fused-ring (bicyclic) bond motifs is 1. The molecule has 2 rings (SSSR count). The Kier molecular flexibility index (Phi) is 4.06. The zero-order chi connectivity index (χ0) is 13.8. The van der Waals surface area contributed by atoms with E-state index in [2.05, 4.69) is 4.98 Å². The van der Waals surface area contributed by atoms with Crippen LogP contribution in [-0.4, -0.2) is 30.7 Å². The maximum atomic E-state index is 11.6. The van der Waals surface area contributed by atoms with E-state index in [0.717, 1.165) is 22.2 Å². The predicted octanol–water partition coefficient (Wildman–Crippen LogP) is 1.61. The Morgan fingerprint density at radius 1 is 1.47 bits per heavy atom. The molecule has 5 heteroatoms. The number of carbonyl (C=O) groups excluding carboxylic acids is 1. The van der Waals surface area contributed by atoms with Gasteiger partial charge in [0.05, 0.1) is 13.7 Å². The molecule has 0 aliphatic rings. The molecule has 0 saturated heterocycles. The molecule has 0 unspecified atom stereocenters. The number of nitrogens with one attached hydrogen (secondary N) is 1. The maximum Gasteiger partial charge on any atom is 0.323 e. The molecule has 0 bridgehead atoms. The van der Waals surface area contributed by atoms with Gasteiger partial charge in [0.1, 0.15) is 11.8 Å². The van der Waals surface area contributed by atoms with E-state index in [1.807, 2.05) is 24.4 Å². The van der Waals surface area contributed by atoms with Crippen molar-refractivity contribution in [2.75, 3.05) is 13.7 Å². The standard InChI is InChI=1S/C14H18N2O3/c1-3-19-14(17)10(15)7-9-8-16-11-5-4-6-12(18-2)13(9)11/h4-6,8,10,16H,3,7,15H2,1-2H3/t10-/m0/s1. The van der Waals surface area contributed by atoms with E-state index >= 15 is 0 Å². The van der Waals surface area contributed by atoms with Gasteiger partial charge in [0, 0.05) is 23.5 Å². The van der Waals surface area contributed by atoms with Crippen molar-refractivity contribution < 1.29 is 14.3 Å². The lowest BCUT2D eigenvalue weighted by atomic mass is 10.0. The molecule has 2 aromatic rings. The van der Waals surface area contributed by atoms with Gasteiger partial charge in [0.25, 0.3) is 0 Å². The third-order valence-electron chi connectivity index (χ3n) is 3.00. The van der Waals surface area contributed by atoms with E-state index < -0.39 is 6.04 Å². The minimum atomic E-state index is -0.663. The molecule has 0 spiro atoms. The second kappa shape index (κ2) is 5.75. The highest BCUT2D eigenvalue weighted by molar-refractivity contribution is 5.90. The van der Waals surface area contributed by atoms with Crippen LogP contribution >= 0.6 is 0 Å². The van der Waals surface area contributed by atoms with Crippen molar-refractivity contribution in [3.8, 4) is 5.75 Å². The van der Waals surface area contributed by atoms with Crippen LogP contribution in [0.1, 0.15) is 12.5 Å². The van der Waals surface area contributed by atoms with Crippen LogP contribution in [0.3, 0.4) is 0 Å². The summed E-state index contributed by atoms with van der Waals surface area (Å²) in [6.07, 6.45) is 2.27. The van der Waals surface area contributed by atoms with Crippen molar-refractivity contribution >= 4 is 16.9 Å². The Balaban J connectivity index is 2.28. The number of carbonyl (C=O) groups is 1. The number of ether oxygens (including phenoxy) is 2. The van der Waals surface area contributed by atoms with Crippen molar-refractivity contribution in [1.29, 1.82) is 0 Å². The van der Waals surface area contributed by atoms with Crippen molar-refractivity contribution in [1.82, 2.24) is 4.98 Å². The van der Waals surface area contributed by atoms with Crippen molar-refractivity contribution in [2.24, 2.45) is 5.73 Å². The molecular weight excluding hydrogens is 244 g/mol. The summed E-state index contributed by atoms with van der Waals surface area (Å²) >= 11 is 0. The zero-order valence-electron chi connectivity index (χ0n) is 11.1. The summed E-state index contributed by atoms with van der Waals surface area (Å²) in [5.74, 6) is 0.386. The zero-order valence-corrected chi connectivity index (χ0v) is 11.1. The molecule has 0 fully saturated rings. The van der Waals surface area contributed by atoms with Crippen LogP contribution in [0.4, 0.5) is 0 Å². The number of esters is 1. The summed E-state index contributed by atoms with van der Waals surface area (Å²) in [6.45, 7) is 2.10. The van der Waals surface area contributed by atoms with Crippen LogP contribution in [0.15, 0.2) is 24.4 Å². The SMILES string of the molecule is CCOC(=O)[C@@H](N)Cc1c[nH]c2cccc(OC)c12. The normalized spacial score (nSPS) is 12.4. The molecule has 0 radical (unpaired) electrons. The quantitative estimate of drug-likeness (QED) is 0.802. The summed E-state index contributed by atoms with van der Waals surface area (Å²) in [7, 11) is 1.62. The summed E-state index contributed by atoms with van der Waals surface area (Å²) in [6, 6.07) is 5.09. The van der Waals surface area contributed by atoms with Gasteiger partial charge < -0.3 is 20.2 Å². The summed E-state index contributed by atoms with van der Waals surface area (Å²) in [5.41, 5.74) is 7.76. The Morgan fingerprint density at radius 2 is 2.26 bits per heavy atom. The summed E-state index contributed by atoms with van der Waals surface area (Å²) < 4.78 is 10.3.